The highest BCUT2D eigenvalue weighted by Gasteiger charge is 2.47. The van der Waals surface area contributed by atoms with Gasteiger partial charge in [-0.2, -0.15) is 0 Å². The third-order valence-electron chi connectivity index (χ3n) is 16.0. The number of benzene rings is 7. The van der Waals surface area contributed by atoms with Gasteiger partial charge in [-0.25, -0.2) is 0 Å². The highest BCUT2D eigenvalue weighted by molar-refractivity contribution is 7.00. The van der Waals surface area contributed by atoms with Crippen molar-refractivity contribution in [3.05, 3.63) is 173 Å². The van der Waals surface area contributed by atoms with E-state index in [0.717, 1.165) is 12.8 Å². The monoisotopic (exact) mass is 893 g/mol. The van der Waals surface area contributed by atoms with Crippen molar-refractivity contribution in [3.8, 4) is 22.3 Å². The van der Waals surface area contributed by atoms with Gasteiger partial charge in [0.1, 0.15) is 0 Å². The molecule has 0 saturated carbocycles. The summed E-state index contributed by atoms with van der Waals surface area (Å²) in [4.78, 5) is 5.33. The minimum absolute atomic E-state index is 0.0231. The number of rotatable bonds is 5. The Bertz CT molecular complexity index is 3090. The molecule has 0 atom stereocenters. The summed E-state index contributed by atoms with van der Waals surface area (Å²) in [5.41, 5.74) is 25.1. The van der Waals surface area contributed by atoms with Gasteiger partial charge in [0.15, 0.2) is 0 Å². The Balaban J connectivity index is 1.37. The topological polar surface area (TPSA) is 6.48 Å². The Kier molecular flexibility index (Phi) is 10.7. The zero-order valence-electron chi connectivity index (χ0n) is 43.7. The molecule has 1 aliphatic carbocycles. The van der Waals surface area contributed by atoms with Crippen LogP contribution in [-0.2, 0) is 27.1 Å². The highest BCUT2D eigenvalue weighted by Crippen LogP contribution is 2.53. The quantitative estimate of drug-likeness (QED) is 0.159. The fourth-order valence-corrected chi connectivity index (χ4v) is 11.5. The Morgan fingerprint density at radius 2 is 0.941 bits per heavy atom. The average Bonchev–Trinajstić information content (AvgIpc) is 3.29. The summed E-state index contributed by atoms with van der Waals surface area (Å²) in [6, 6.07) is 54.8. The summed E-state index contributed by atoms with van der Waals surface area (Å²) in [7, 11) is 0. The molecule has 3 heteroatoms. The lowest BCUT2D eigenvalue weighted by Crippen LogP contribution is -2.62. The molecule has 2 aliphatic heterocycles. The molecule has 0 N–H and O–H groups in total. The second-order valence-electron chi connectivity index (χ2n) is 25.2. The lowest BCUT2D eigenvalue weighted by Gasteiger charge is -2.48. The maximum absolute atomic E-state index is 2.72. The summed E-state index contributed by atoms with van der Waals surface area (Å²) >= 11 is 0. The molecule has 2 heterocycles. The van der Waals surface area contributed by atoms with Crippen LogP contribution in [0.15, 0.2) is 140 Å². The van der Waals surface area contributed by atoms with Gasteiger partial charge in [-0.1, -0.05) is 195 Å². The molecule has 3 aliphatic rings. The van der Waals surface area contributed by atoms with Crippen molar-refractivity contribution in [2.24, 2.45) is 0 Å². The van der Waals surface area contributed by atoms with E-state index in [-0.39, 0.29) is 33.8 Å². The summed E-state index contributed by atoms with van der Waals surface area (Å²) < 4.78 is 0. The number of nitrogens with zero attached hydrogens (tertiary/aromatic N) is 2. The molecule has 2 nitrogen and oxygen atoms in total. The molecule has 0 saturated heterocycles. The van der Waals surface area contributed by atoms with E-state index in [1.54, 1.807) is 0 Å². The molecule has 0 fully saturated rings. The van der Waals surface area contributed by atoms with E-state index < -0.39 is 0 Å². The molecule has 0 unspecified atom stereocenters. The first-order chi connectivity index (χ1) is 31.9. The van der Waals surface area contributed by atoms with Crippen LogP contribution in [0.2, 0.25) is 0 Å². The van der Waals surface area contributed by atoms with Crippen LogP contribution in [0.3, 0.4) is 0 Å². The molecule has 0 bridgehead atoms. The van der Waals surface area contributed by atoms with E-state index in [1.807, 2.05) is 0 Å². The molecule has 68 heavy (non-hydrogen) atoms. The maximum Gasteiger partial charge on any atom is 0.252 e. The minimum Gasteiger partial charge on any atom is -0.311 e. The van der Waals surface area contributed by atoms with Crippen molar-refractivity contribution >= 4 is 57.2 Å². The predicted molar refractivity (Wildman–Crippen MR) is 297 cm³/mol. The Hall–Kier alpha value is -5.80. The molecule has 10 rings (SSSR count). The largest absolute Gasteiger partial charge is 0.311 e. The second-order valence-corrected chi connectivity index (χ2v) is 25.2. The van der Waals surface area contributed by atoms with Gasteiger partial charge < -0.3 is 9.80 Å². The fourth-order valence-electron chi connectivity index (χ4n) is 11.5. The first kappa shape index (κ1) is 46.0. The van der Waals surface area contributed by atoms with Crippen LogP contribution in [0.4, 0.5) is 34.1 Å². The molecule has 0 aromatic heterocycles. The van der Waals surface area contributed by atoms with E-state index in [4.69, 9.17) is 0 Å². The van der Waals surface area contributed by atoms with E-state index >= 15 is 0 Å². The summed E-state index contributed by atoms with van der Waals surface area (Å²) in [5, 5.41) is 0. The van der Waals surface area contributed by atoms with Crippen molar-refractivity contribution < 1.29 is 0 Å². The molecule has 0 amide bonds. The van der Waals surface area contributed by atoms with Gasteiger partial charge in [0.25, 0.3) is 6.71 Å². The van der Waals surface area contributed by atoms with Crippen LogP contribution in [0.25, 0.3) is 22.3 Å². The normalized spacial score (nSPS) is 16.0. The smallest absolute Gasteiger partial charge is 0.252 e. The van der Waals surface area contributed by atoms with Gasteiger partial charge >= 0.3 is 0 Å². The van der Waals surface area contributed by atoms with Crippen LogP contribution >= 0.6 is 0 Å². The zero-order valence-corrected chi connectivity index (χ0v) is 43.7. The van der Waals surface area contributed by atoms with Gasteiger partial charge in [-0.05, 0) is 161 Å². The minimum atomic E-state index is -0.0528. The lowest BCUT2D eigenvalue weighted by atomic mass is 9.33. The third-order valence-corrected chi connectivity index (χ3v) is 16.0. The van der Waals surface area contributed by atoms with E-state index in [9.17, 15) is 0 Å². The number of fused-ring (bicyclic) bond motifs is 5. The number of hydrogen-bond acceptors (Lipinski definition) is 2. The van der Waals surface area contributed by atoms with Crippen molar-refractivity contribution in [3.63, 3.8) is 0 Å². The Morgan fingerprint density at radius 3 is 1.53 bits per heavy atom. The standard InChI is InChI=1S/C65H73BN2/c1-41(2)43-35-58-60-59(36-43)68(55-31-27-45(62(6,7)8)37-50(55)49-24-20-19-23-48(49)42-21-17-16-18-22-42)57-40-52-51(64(12,13)33-34-65(52,14)15)39-54(57)66(60)53-38-46(63(9,10)11)28-32-56(53)67(58)47-29-25-44(26-30-47)61(3,4)5/h16-32,35-41H,33-34H2,1-15H3. The summed E-state index contributed by atoms with van der Waals surface area (Å²) in [6.45, 7) is 35.8. The molecular formula is C65H73BN2. The van der Waals surface area contributed by atoms with Crippen molar-refractivity contribution in [1.29, 1.82) is 0 Å². The number of anilines is 6. The summed E-state index contributed by atoms with van der Waals surface area (Å²) in [5.74, 6) is 0.304. The number of hydrogen-bond donors (Lipinski definition) is 0. The average molecular weight is 893 g/mol. The molecule has 0 radical (unpaired) electrons. The first-order valence-electron chi connectivity index (χ1n) is 25.5. The van der Waals surface area contributed by atoms with Crippen LogP contribution in [-0.4, -0.2) is 6.71 Å². The fraction of sp³-hybridized carbons (Fsp3) is 0.354. The second kappa shape index (κ2) is 15.9. The Morgan fingerprint density at radius 1 is 0.441 bits per heavy atom. The molecule has 346 valence electrons. The van der Waals surface area contributed by atoms with E-state index in [0.29, 0.717) is 5.92 Å². The van der Waals surface area contributed by atoms with Crippen LogP contribution < -0.4 is 26.2 Å². The highest BCUT2D eigenvalue weighted by atomic mass is 15.2. The predicted octanol–water partition coefficient (Wildman–Crippen LogP) is 16.5. The molecule has 0 spiro atoms. The van der Waals surface area contributed by atoms with Gasteiger partial charge in [0, 0.05) is 34.0 Å². The van der Waals surface area contributed by atoms with Crippen molar-refractivity contribution in [1.82, 2.24) is 0 Å². The van der Waals surface area contributed by atoms with Crippen LogP contribution in [0.1, 0.15) is 156 Å². The van der Waals surface area contributed by atoms with Gasteiger partial charge in [0.05, 0.1) is 5.69 Å². The van der Waals surface area contributed by atoms with Crippen molar-refractivity contribution in [2.75, 3.05) is 9.80 Å². The lowest BCUT2D eigenvalue weighted by molar-refractivity contribution is 0.332. The first-order valence-corrected chi connectivity index (χ1v) is 25.5. The van der Waals surface area contributed by atoms with Gasteiger partial charge in [0.2, 0.25) is 0 Å². The molecular weight excluding hydrogens is 820 g/mol. The van der Waals surface area contributed by atoms with E-state index in [1.165, 1.54) is 106 Å². The van der Waals surface area contributed by atoms with E-state index in [2.05, 4.69) is 253 Å². The van der Waals surface area contributed by atoms with Crippen LogP contribution in [0.5, 0.6) is 0 Å². The van der Waals surface area contributed by atoms with Gasteiger partial charge in [-0.3, -0.25) is 0 Å². The zero-order chi connectivity index (χ0) is 48.5. The summed E-state index contributed by atoms with van der Waals surface area (Å²) in [6.07, 6.45) is 2.32. The maximum atomic E-state index is 2.72. The van der Waals surface area contributed by atoms with Gasteiger partial charge in [-0.15, -0.1) is 0 Å². The third kappa shape index (κ3) is 7.64. The van der Waals surface area contributed by atoms with Crippen molar-refractivity contribution in [2.45, 2.75) is 150 Å². The Labute approximate surface area is 409 Å². The SMILES string of the molecule is CC(C)c1cc2c3c(c1)N(c1ccc(C(C)(C)C)cc1-c1ccccc1-c1ccccc1)c1cc4c(cc1B3c1cc(C(C)(C)C)ccc1N2c1ccc(C(C)(C)C)cc1)C(C)(C)CCC4(C)C. The molecule has 7 aromatic rings. The molecule has 7 aromatic carbocycles. The van der Waals surface area contributed by atoms with Crippen LogP contribution in [0, 0.1) is 0 Å².